The van der Waals surface area contributed by atoms with Gasteiger partial charge in [-0.3, -0.25) is 9.10 Å². The summed E-state index contributed by atoms with van der Waals surface area (Å²) >= 11 is 0. The Labute approximate surface area is 199 Å². The maximum Gasteiger partial charge on any atom is 0.265 e. The molecule has 6 nitrogen and oxygen atoms in total. The van der Waals surface area contributed by atoms with Crippen molar-refractivity contribution in [3.63, 3.8) is 0 Å². The van der Waals surface area contributed by atoms with Gasteiger partial charge < -0.3 is 10.1 Å². The fourth-order valence-electron chi connectivity index (χ4n) is 3.77. The monoisotopic (exact) mass is 474 g/mol. The number of sulfonamides is 1. The van der Waals surface area contributed by atoms with Crippen LogP contribution < -0.4 is 14.4 Å². The predicted octanol–water partition coefficient (Wildman–Crippen LogP) is 5.38. The maximum atomic E-state index is 13.9. The second kappa shape index (κ2) is 9.97. The molecule has 4 aromatic rings. The number of amides is 1. The van der Waals surface area contributed by atoms with Gasteiger partial charge in [-0.05, 0) is 67.3 Å². The number of carbonyl (C=O) groups excluding carboxylic acids is 1. The first-order valence-electron chi connectivity index (χ1n) is 11.0. The normalized spacial score (nSPS) is 11.2. The van der Waals surface area contributed by atoms with Gasteiger partial charge in [0.05, 0.1) is 17.2 Å². The molecule has 0 saturated carbocycles. The zero-order chi connectivity index (χ0) is 24.1. The van der Waals surface area contributed by atoms with Crippen LogP contribution in [-0.2, 0) is 14.8 Å². The Morgan fingerprint density at radius 2 is 1.62 bits per heavy atom. The van der Waals surface area contributed by atoms with E-state index in [4.69, 9.17) is 4.74 Å². The van der Waals surface area contributed by atoms with Gasteiger partial charge in [-0.25, -0.2) is 8.42 Å². The molecule has 0 fully saturated rings. The smallest absolute Gasteiger partial charge is 0.265 e. The van der Waals surface area contributed by atoms with Crippen molar-refractivity contribution in [2.75, 3.05) is 22.8 Å². The fourth-order valence-corrected chi connectivity index (χ4v) is 5.40. The number of aryl methyl sites for hydroxylation is 1. The number of benzene rings is 4. The lowest BCUT2D eigenvalue weighted by molar-refractivity contribution is -0.114. The molecule has 1 amide bonds. The highest BCUT2D eigenvalue weighted by Gasteiger charge is 2.29. The molecule has 0 bridgehead atoms. The number of carbonyl (C=O) groups is 1. The van der Waals surface area contributed by atoms with Crippen LogP contribution in [0.5, 0.6) is 5.75 Å². The van der Waals surface area contributed by atoms with E-state index in [0.29, 0.717) is 29.1 Å². The third-order valence-corrected chi connectivity index (χ3v) is 7.18. The predicted molar refractivity (Wildman–Crippen MR) is 136 cm³/mol. The van der Waals surface area contributed by atoms with E-state index in [0.717, 1.165) is 15.3 Å². The summed E-state index contributed by atoms with van der Waals surface area (Å²) < 4.78 is 34.4. The van der Waals surface area contributed by atoms with Gasteiger partial charge >= 0.3 is 0 Å². The van der Waals surface area contributed by atoms with Crippen molar-refractivity contribution in [1.82, 2.24) is 0 Å². The van der Waals surface area contributed by atoms with E-state index >= 15 is 0 Å². The SMILES string of the molecule is CCOc1ccc(NC(=O)CN(c2cccc(C)c2)S(=O)(=O)c2cccc3ccccc23)cc1. The van der Waals surface area contributed by atoms with Crippen LogP contribution in [0.1, 0.15) is 12.5 Å². The number of hydrogen-bond donors (Lipinski definition) is 1. The van der Waals surface area contributed by atoms with Crippen LogP contribution in [0, 0.1) is 6.92 Å². The number of fused-ring (bicyclic) bond motifs is 1. The molecular weight excluding hydrogens is 448 g/mol. The molecule has 0 aromatic heterocycles. The quantitative estimate of drug-likeness (QED) is 0.372. The lowest BCUT2D eigenvalue weighted by atomic mass is 10.1. The van der Waals surface area contributed by atoms with Crippen molar-refractivity contribution in [2.45, 2.75) is 18.7 Å². The van der Waals surface area contributed by atoms with E-state index in [-0.39, 0.29) is 11.4 Å². The number of ether oxygens (including phenoxy) is 1. The van der Waals surface area contributed by atoms with Crippen molar-refractivity contribution in [2.24, 2.45) is 0 Å². The standard InChI is InChI=1S/C27H26N2O4S/c1-3-33-24-16-14-22(15-17-24)28-27(30)19-29(23-11-6-8-20(2)18-23)34(31,32)26-13-7-10-21-9-4-5-12-25(21)26/h4-18H,3,19H2,1-2H3,(H,28,30). The molecular formula is C27H26N2O4S. The van der Waals surface area contributed by atoms with Gasteiger partial charge in [0, 0.05) is 11.1 Å². The van der Waals surface area contributed by atoms with Crippen LogP contribution in [0.4, 0.5) is 11.4 Å². The maximum absolute atomic E-state index is 13.9. The Hall–Kier alpha value is -3.84. The van der Waals surface area contributed by atoms with Crippen molar-refractivity contribution in [3.05, 3.63) is 96.6 Å². The number of nitrogens with zero attached hydrogens (tertiary/aromatic N) is 1. The minimum absolute atomic E-state index is 0.154. The molecule has 0 aliphatic heterocycles. The molecule has 0 radical (unpaired) electrons. The number of rotatable bonds is 8. The molecule has 1 N–H and O–H groups in total. The Kier molecular flexibility index (Phi) is 6.84. The summed E-state index contributed by atoms with van der Waals surface area (Å²) in [7, 11) is -4.05. The Morgan fingerprint density at radius 1 is 0.912 bits per heavy atom. The Morgan fingerprint density at radius 3 is 2.35 bits per heavy atom. The first-order chi connectivity index (χ1) is 16.4. The third-order valence-electron chi connectivity index (χ3n) is 5.34. The van der Waals surface area contributed by atoms with E-state index in [1.54, 1.807) is 66.7 Å². The number of nitrogens with one attached hydrogen (secondary N) is 1. The highest BCUT2D eigenvalue weighted by Crippen LogP contribution is 2.29. The van der Waals surface area contributed by atoms with Crippen LogP contribution in [0.2, 0.25) is 0 Å². The summed E-state index contributed by atoms with van der Waals surface area (Å²) in [4.78, 5) is 13.1. The topological polar surface area (TPSA) is 75.7 Å². The lowest BCUT2D eigenvalue weighted by Crippen LogP contribution is -2.38. The highest BCUT2D eigenvalue weighted by atomic mass is 32.2. The average Bonchev–Trinajstić information content (AvgIpc) is 2.83. The summed E-state index contributed by atoms with van der Waals surface area (Å²) in [5, 5.41) is 4.20. The molecule has 0 heterocycles. The molecule has 0 saturated heterocycles. The van der Waals surface area contributed by atoms with Gasteiger partial charge in [0.15, 0.2) is 0 Å². The second-order valence-corrected chi connectivity index (χ2v) is 9.66. The van der Waals surface area contributed by atoms with Gasteiger partial charge in [0.1, 0.15) is 12.3 Å². The first-order valence-corrected chi connectivity index (χ1v) is 12.4. The molecule has 4 aromatic carbocycles. The summed E-state index contributed by atoms with van der Waals surface area (Å²) in [6, 6.07) is 26.5. The molecule has 34 heavy (non-hydrogen) atoms. The largest absolute Gasteiger partial charge is 0.494 e. The molecule has 0 spiro atoms. The zero-order valence-electron chi connectivity index (χ0n) is 19.1. The van der Waals surface area contributed by atoms with Crippen molar-refractivity contribution < 1.29 is 17.9 Å². The van der Waals surface area contributed by atoms with Crippen molar-refractivity contribution in [3.8, 4) is 5.75 Å². The molecule has 174 valence electrons. The second-order valence-electron chi connectivity index (χ2n) is 7.83. The van der Waals surface area contributed by atoms with Gasteiger partial charge in [-0.15, -0.1) is 0 Å². The molecule has 0 atom stereocenters. The first kappa shape index (κ1) is 23.3. The Bertz CT molecular complexity index is 1410. The van der Waals surface area contributed by atoms with Gasteiger partial charge in [-0.1, -0.05) is 48.5 Å². The van der Waals surface area contributed by atoms with E-state index in [2.05, 4.69) is 5.32 Å². The van der Waals surface area contributed by atoms with Gasteiger partial charge in [0.25, 0.3) is 10.0 Å². The molecule has 4 rings (SSSR count). The van der Waals surface area contributed by atoms with Gasteiger partial charge in [0.2, 0.25) is 5.91 Å². The van der Waals surface area contributed by atoms with Crippen molar-refractivity contribution in [1.29, 1.82) is 0 Å². The minimum atomic E-state index is -4.05. The van der Waals surface area contributed by atoms with Crippen LogP contribution in [0.3, 0.4) is 0 Å². The number of anilines is 2. The highest BCUT2D eigenvalue weighted by molar-refractivity contribution is 7.93. The summed E-state index contributed by atoms with van der Waals surface area (Å²) in [6.45, 7) is 3.95. The minimum Gasteiger partial charge on any atom is -0.494 e. The number of hydrogen-bond acceptors (Lipinski definition) is 4. The molecule has 0 aliphatic rings. The van der Waals surface area contributed by atoms with Crippen LogP contribution in [-0.4, -0.2) is 27.5 Å². The lowest BCUT2D eigenvalue weighted by Gasteiger charge is -2.25. The zero-order valence-corrected chi connectivity index (χ0v) is 19.9. The molecule has 0 unspecified atom stereocenters. The molecule has 0 aliphatic carbocycles. The van der Waals surface area contributed by atoms with Gasteiger partial charge in [-0.2, -0.15) is 0 Å². The summed E-state index contributed by atoms with van der Waals surface area (Å²) in [6.07, 6.45) is 0. The van der Waals surface area contributed by atoms with E-state index in [9.17, 15) is 13.2 Å². The third kappa shape index (κ3) is 5.05. The van der Waals surface area contributed by atoms with E-state index in [1.807, 2.05) is 38.1 Å². The average molecular weight is 475 g/mol. The summed E-state index contributed by atoms with van der Waals surface area (Å²) in [5.41, 5.74) is 1.87. The van der Waals surface area contributed by atoms with Crippen LogP contribution in [0.25, 0.3) is 10.8 Å². The van der Waals surface area contributed by atoms with Crippen LogP contribution >= 0.6 is 0 Å². The van der Waals surface area contributed by atoms with Crippen molar-refractivity contribution >= 4 is 38.1 Å². The van der Waals surface area contributed by atoms with E-state index in [1.165, 1.54) is 0 Å². The van der Waals surface area contributed by atoms with Crippen LogP contribution in [0.15, 0.2) is 95.9 Å². The Balaban J connectivity index is 1.69. The fraction of sp³-hybridized carbons (Fsp3) is 0.148. The summed E-state index contributed by atoms with van der Waals surface area (Å²) in [5.74, 6) is 0.245. The molecule has 7 heteroatoms. The van der Waals surface area contributed by atoms with E-state index < -0.39 is 15.9 Å².